The molecule has 2 aliphatic rings. The summed E-state index contributed by atoms with van der Waals surface area (Å²) in [6, 6.07) is 9.36. The number of aromatic amines is 1. The largest absolute Gasteiger partial charge is 0.358 e. The Hall–Kier alpha value is -1.28. The SMILES string of the molecule is CC[C@@]12CCCN[C@H]1c1c([nH]c3ccccc13)CC2. The Labute approximate surface area is 114 Å². The highest BCUT2D eigenvalue weighted by Gasteiger charge is 2.44. The van der Waals surface area contributed by atoms with Crippen LogP contribution in [0.25, 0.3) is 10.9 Å². The van der Waals surface area contributed by atoms with Crippen LogP contribution in [0.15, 0.2) is 24.3 Å². The van der Waals surface area contributed by atoms with Crippen molar-refractivity contribution in [3.05, 3.63) is 35.5 Å². The first-order valence-electron chi connectivity index (χ1n) is 7.67. The van der Waals surface area contributed by atoms with Gasteiger partial charge in [-0.25, -0.2) is 0 Å². The van der Waals surface area contributed by atoms with E-state index < -0.39 is 0 Å². The molecule has 100 valence electrons. The first-order valence-corrected chi connectivity index (χ1v) is 7.67. The van der Waals surface area contributed by atoms with E-state index in [2.05, 4.69) is 41.5 Å². The van der Waals surface area contributed by atoms with Crippen molar-refractivity contribution in [1.29, 1.82) is 0 Å². The van der Waals surface area contributed by atoms with E-state index in [-0.39, 0.29) is 0 Å². The monoisotopic (exact) mass is 254 g/mol. The lowest BCUT2D eigenvalue weighted by Crippen LogP contribution is -2.45. The minimum atomic E-state index is 0.496. The minimum absolute atomic E-state index is 0.496. The van der Waals surface area contributed by atoms with Crippen molar-refractivity contribution in [2.24, 2.45) is 5.41 Å². The van der Waals surface area contributed by atoms with Crippen molar-refractivity contribution in [2.45, 2.75) is 45.1 Å². The van der Waals surface area contributed by atoms with Crippen LogP contribution in [0, 0.1) is 5.41 Å². The predicted octanol–water partition coefficient (Wildman–Crippen LogP) is 3.94. The average molecular weight is 254 g/mol. The highest BCUT2D eigenvalue weighted by Crippen LogP contribution is 2.52. The molecule has 0 spiro atoms. The van der Waals surface area contributed by atoms with Gasteiger partial charge in [0, 0.05) is 22.6 Å². The van der Waals surface area contributed by atoms with Crippen LogP contribution in [0.3, 0.4) is 0 Å². The fraction of sp³-hybridized carbons (Fsp3) is 0.529. The van der Waals surface area contributed by atoms with Gasteiger partial charge >= 0.3 is 0 Å². The van der Waals surface area contributed by atoms with Crippen molar-refractivity contribution >= 4 is 10.9 Å². The molecule has 1 aliphatic carbocycles. The fourth-order valence-corrected chi connectivity index (χ4v) is 4.40. The molecule has 2 aromatic rings. The van der Waals surface area contributed by atoms with E-state index in [4.69, 9.17) is 0 Å². The third kappa shape index (κ3) is 1.53. The molecular weight excluding hydrogens is 232 g/mol. The van der Waals surface area contributed by atoms with Gasteiger partial charge in [-0.05, 0) is 55.7 Å². The second-order valence-electron chi connectivity index (χ2n) is 6.27. The van der Waals surface area contributed by atoms with Gasteiger partial charge in [0.05, 0.1) is 0 Å². The standard InChI is InChI=1S/C17H22N2/c1-2-17-9-5-11-18-16(17)15-12-6-3-4-7-13(12)19-14(15)8-10-17/h3-4,6-7,16,18-19H,2,5,8-11H2,1H3/t16-,17-/m0/s1. The summed E-state index contributed by atoms with van der Waals surface area (Å²) < 4.78 is 0. The number of H-pyrrole nitrogens is 1. The van der Waals surface area contributed by atoms with Crippen LogP contribution in [0.5, 0.6) is 0 Å². The molecule has 2 heteroatoms. The lowest BCUT2D eigenvalue weighted by atomic mass is 9.63. The Morgan fingerprint density at radius 3 is 3.05 bits per heavy atom. The zero-order valence-corrected chi connectivity index (χ0v) is 11.6. The lowest BCUT2D eigenvalue weighted by Gasteiger charge is -2.47. The van der Waals surface area contributed by atoms with E-state index in [1.807, 2.05) is 0 Å². The van der Waals surface area contributed by atoms with E-state index >= 15 is 0 Å². The molecule has 1 aromatic carbocycles. The van der Waals surface area contributed by atoms with Crippen molar-refractivity contribution in [3.63, 3.8) is 0 Å². The molecule has 19 heavy (non-hydrogen) atoms. The van der Waals surface area contributed by atoms with E-state index in [9.17, 15) is 0 Å². The van der Waals surface area contributed by atoms with Crippen LogP contribution in [0.4, 0.5) is 0 Å². The molecule has 1 saturated heterocycles. The zero-order valence-electron chi connectivity index (χ0n) is 11.6. The number of rotatable bonds is 1. The third-order valence-electron chi connectivity index (χ3n) is 5.51. The highest BCUT2D eigenvalue weighted by atomic mass is 15.0. The topological polar surface area (TPSA) is 27.8 Å². The summed E-state index contributed by atoms with van der Waals surface area (Å²) in [7, 11) is 0. The third-order valence-corrected chi connectivity index (χ3v) is 5.51. The summed E-state index contributed by atoms with van der Waals surface area (Å²) in [5.74, 6) is 0. The van der Waals surface area contributed by atoms with Crippen LogP contribution in [-0.2, 0) is 6.42 Å². The zero-order chi connectivity index (χ0) is 12.9. The van der Waals surface area contributed by atoms with Gasteiger partial charge in [0.1, 0.15) is 0 Å². The summed E-state index contributed by atoms with van der Waals surface area (Å²) in [5, 5.41) is 5.27. The van der Waals surface area contributed by atoms with Gasteiger partial charge in [0.15, 0.2) is 0 Å². The summed E-state index contributed by atoms with van der Waals surface area (Å²) in [5.41, 5.74) is 4.86. The van der Waals surface area contributed by atoms with Gasteiger partial charge in [0.2, 0.25) is 0 Å². The van der Waals surface area contributed by atoms with Crippen molar-refractivity contribution in [3.8, 4) is 0 Å². The predicted molar refractivity (Wildman–Crippen MR) is 79.3 cm³/mol. The van der Waals surface area contributed by atoms with Crippen LogP contribution in [0.2, 0.25) is 0 Å². The molecular formula is C17H22N2. The molecule has 1 fully saturated rings. The Bertz CT molecular complexity index is 613. The number of hydrogen-bond donors (Lipinski definition) is 2. The molecule has 0 unspecified atom stereocenters. The van der Waals surface area contributed by atoms with E-state index in [0.29, 0.717) is 11.5 Å². The maximum Gasteiger partial charge on any atom is 0.0459 e. The number of fused-ring (bicyclic) bond motifs is 5. The van der Waals surface area contributed by atoms with Crippen molar-refractivity contribution < 1.29 is 0 Å². The molecule has 1 aromatic heterocycles. The summed E-state index contributed by atoms with van der Waals surface area (Å²) in [6.07, 6.45) is 6.57. The number of para-hydroxylation sites is 1. The fourth-order valence-electron chi connectivity index (χ4n) is 4.40. The average Bonchev–Trinajstić information content (AvgIpc) is 2.85. The van der Waals surface area contributed by atoms with Crippen LogP contribution in [0.1, 0.15) is 49.9 Å². The molecule has 2 nitrogen and oxygen atoms in total. The summed E-state index contributed by atoms with van der Waals surface area (Å²) in [4.78, 5) is 3.65. The van der Waals surface area contributed by atoms with Gasteiger partial charge in [-0.3, -0.25) is 0 Å². The summed E-state index contributed by atoms with van der Waals surface area (Å²) in [6.45, 7) is 3.55. The van der Waals surface area contributed by atoms with Gasteiger partial charge in [-0.2, -0.15) is 0 Å². The first-order chi connectivity index (χ1) is 9.34. The molecule has 0 amide bonds. The second-order valence-corrected chi connectivity index (χ2v) is 6.27. The quantitative estimate of drug-likeness (QED) is 0.792. The van der Waals surface area contributed by atoms with E-state index in [0.717, 1.165) is 0 Å². The maximum absolute atomic E-state index is 3.83. The van der Waals surface area contributed by atoms with Crippen molar-refractivity contribution in [2.75, 3.05) is 6.54 Å². The lowest BCUT2D eigenvalue weighted by molar-refractivity contribution is 0.104. The first kappa shape index (κ1) is 11.5. The number of piperidine rings is 1. The second kappa shape index (κ2) is 4.11. The molecule has 0 radical (unpaired) electrons. The number of aromatic nitrogens is 1. The molecule has 2 N–H and O–H groups in total. The highest BCUT2D eigenvalue weighted by molar-refractivity contribution is 5.85. The van der Waals surface area contributed by atoms with E-state index in [1.165, 1.54) is 55.2 Å². The van der Waals surface area contributed by atoms with E-state index in [1.54, 1.807) is 5.56 Å². The molecule has 0 saturated carbocycles. The minimum Gasteiger partial charge on any atom is -0.358 e. The van der Waals surface area contributed by atoms with Gasteiger partial charge in [0.25, 0.3) is 0 Å². The summed E-state index contributed by atoms with van der Waals surface area (Å²) >= 11 is 0. The number of benzene rings is 1. The molecule has 0 bridgehead atoms. The van der Waals surface area contributed by atoms with Gasteiger partial charge in [-0.1, -0.05) is 25.1 Å². The van der Waals surface area contributed by atoms with Crippen LogP contribution < -0.4 is 5.32 Å². The number of nitrogens with one attached hydrogen (secondary N) is 2. The maximum atomic E-state index is 3.83. The van der Waals surface area contributed by atoms with Crippen molar-refractivity contribution in [1.82, 2.24) is 10.3 Å². The number of aryl methyl sites for hydroxylation is 1. The Morgan fingerprint density at radius 2 is 2.16 bits per heavy atom. The molecule has 2 atom stereocenters. The van der Waals surface area contributed by atoms with Crippen LogP contribution >= 0.6 is 0 Å². The van der Waals surface area contributed by atoms with Gasteiger partial charge in [-0.15, -0.1) is 0 Å². The number of hydrogen-bond acceptors (Lipinski definition) is 1. The normalized spacial score (nSPS) is 30.1. The Morgan fingerprint density at radius 1 is 1.26 bits per heavy atom. The molecule has 4 rings (SSSR count). The Kier molecular flexibility index (Phi) is 2.49. The smallest absolute Gasteiger partial charge is 0.0459 e. The van der Waals surface area contributed by atoms with Gasteiger partial charge < -0.3 is 10.3 Å². The Balaban J connectivity index is 1.93. The molecule has 2 heterocycles. The van der Waals surface area contributed by atoms with Crippen LogP contribution in [-0.4, -0.2) is 11.5 Å². The molecule has 1 aliphatic heterocycles.